The zero-order valence-electron chi connectivity index (χ0n) is 11.5. The maximum Gasteiger partial charge on any atom is 0.666 e. The molecule has 0 aliphatic rings. The molecule has 1 aromatic heterocycles. The first-order chi connectivity index (χ1) is 10.7. The minimum absolute atomic E-state index is 0.377. The first-order valence-electron chi connectivity index (χ1n) is 6.51. The van der Waals surface area contributed by atoms with Crippen LogP contribution in [0.4, 0.5) is 0 Å². The Kier molecular flexibility index (Phi) is 4.12. The lowest BCUT2D eigenvalue weighted by atomic mass is 10.3. The Morgan fingerprint density at radius 2 is 1.41 bits per heavy atom. The van der Waals surface area contributed by atoms with Gasteiger partial charge in [0.25, 0.3) is 0 Å². The molecule has 2 aromatic carbocycles. The second-order valence-electron chi connectivity index (χ2n) is 4.26. The maximum atomic E-state index is 12.9. The van der Waals surface area contributed by atoms with Crippen LogP contribution in [0.2, 0.25) is 0 Å². The van der Waals surface area contributed by atoms with Gasteiger partial charge in [-0.2, -0.15) is 9.30 Å². The van der Waals surface area contributed by atoms with E-state index < -0.39 is 7.82 Å². The Bertz CT molecular complexity index is 702. The number of hydrogen-bond acceptors (Lipinski definition) is 5. The first-order valence-corrected chi connectivity index (χ1v) is 7.97. The molecule has 0 bridgehead atoms. The van der Waals surface area contributed by atoms with Gasteiger partial charge in [0.15, 0.2) is 0 Å². The van der Waals surface area contributed by atoms with Crippen molar-refractivity contribution in [2.24, 2.45) is 0 Å². The summed E-state index contributed by atoms with van der Waals surface area (Å²) in [6.07, 6.45) is 4.35. The summed E-state index contributed by atoms with van der Waals surface area (Å²) in [4.78, 5) is 3.83. The highest BCUT2D eigenvalue weighted by Gasteiger charge is 2.33. The van der Waals surface area contributed by atoms with E-state index in [1.165, 1.54) is 23.5 Å². The van der Waals surface area contributed by atoms with Crippen molar-refractivity contribution in [3.8, 4) is 11.5 Å². The molecule has 112 valence electrons. The molecule has 0 radical (unpaired) electrons. The Morgan fingerprint density at radius 3 is 1.86 bits per heavy atom. The van der Waals surface area contributed by atoms with Gasteiger partial charge in [0.1, 0.15) is 17.8 Å². The van der Waals surface area contributed by atoms with Gasteiger partial charge in [-0.1, -0.05) is 36.4 Å². The third-order valence-electron chi connectivity index (χ3n) is 2.60. The first kappa shape index (κ1) is 14.2. The highest BCUT2D eigenvalue weighted by atomic mass is 31.2. The number of imidazole rings is 1. The summed E-state index contributed by atoms with van der Waals surface area (Å²) in [7, 11) is -3.93. The summed E-state index contributed by atoms with van der Waals surface area (Å²) in [6, 6.07) is 17.4. The summed E-state index contributed by atoms with van der Waals surface area (Å²) in [5, 5.41) is 0. The fraction of sp³-hybridized carbons (Fsp3) is 0. The van der Waals surface area contributed by atoms with Gasteiger partial charge < -0.3 is 9.05 Å². The van der Waals surface area contributed by atoms with Gasteiger partial charge in [-0.3, -0.25) is 4.62 Å². The summed E-state index contributed by atoms with van der Waals surface area (Å²) in [5.41, 5.74) is 0. The van der Waals surface area contributed by atoms with Crippen molar-refractivity contribution in [3.05, 3.63) is 79.4 Å². The Hall–Kier alpha value is -2.72. The average molecular weight is 316 g/mol. The molecule has 0 amide bonds. The van der Waals surface area contributed by atoms with Crippen molar-refractivity contribution in [3.63, 3.8) is 0 Å². The molecule has 22 heavy (non-hydrogen) atoms. The van der Waals surface area contributed by atoms with E-state index in [9.17, 15) is 4.57 Å². The van der Waals surface area contributed by atoms with Crippen molar-refractivity contribution in [2.75, 3.05) is 0 Å². The van der Waals surface area contributed by atoms with Gasteiger partial charge in [-0.25, -0.2) is 4.98 Å². The second kappa shape index (κ2) is 6.37. The lowest BCUT2D eigenvalue weighted by molar-refractivity contribution is 0.188. The molecular weight excluding hydrogens is 303 g/mol. The number of hydrogen-bond donors (Lipinski definition) is 0. The van der Waals surface area contributed by atoms with Crippen LogP contribution in [0.1, 0.15) is 0 Å². The van der Waals surface area contributed by atoms with Gasteiger partial charge in [0.05, 0.1) is 6.20 Å². The predicted octanol–water partition coefficient (Wildman–Crippen LogP) is 3.58. The summed E-state index contributed by atoms with van der Waals surface area (Å²) >= 11 is 0. The molecule has 0 fully saturated rings. The molecule has 0 aliphatic carbocycles. The Labute approximate surface area is 127 Å². The molecular formula is C15H13N2O4P. The van der Waals surface area contributed by atoms with E-state index >= 15 is 0 Å². The van der Waals surface area contributed by atoms with Crippen molar-refractivity contribution in [1.29, 1.82) is 0 Å². The van der Waals surface area contributed by atoms with Crippen LogP contribution >= 0.6 is 7.82 Å². The molecule has 3 rings (SSSR count). The third-order valence-corrected chi connectivity index (χ3v) is 3.85. The number of aromatic nitrogens is 2. The van der Waals surface area contributed by atoms with E-state index in [0.29, 0.717) is 11.5 Å². The van der Waals surface area contributed by atoms with E-state index in [-0.39, 0.29) is 0 Å². The van der Waals surface area contributed by atoms with Crippen LogP contribution in [0.3, 0.4) is 0 Å². The number of phosphoric acid groups is 1. The minimum atomic E-state index is -3.93. The zero-order chi connectivity index (χ0) is 15.3. The van der Waals surface area contributed by atoms with Crippen molar-refractivity contribution in [1.82, 2.24) is 9.71 Å². The van der Waals surface area contributed by atoms with E-state index in [1.807, 2.05) is 12.1 Å². The van der Waals surface area contributed by atoms with Crippen LogP contribution in [-0.4, -0.2) is 9.71 Å². The van der Waals surface area contributed by atoms with Crippen LogP contribution in [0.5, 0.6) is 11.5 Å². The van der Waals surface area contributed by atoms with Crippen molar-refractivity contribution < 1.29 is 18.2 Å². The molecule has 0 saturated heterocycles. The maximum absolute atomic E-state index is 12.9. The highest BCUT2D eigenvalue weighted by molar-refractivity contribution is 7.49. The standard InChI is InChI=1S/C15H13N2O4P/c18-22(21-17-12-11-16-13-17,19-14-7-3-1-4-8-14)20-15-9-5-2-6-10-15/h1-13H. The van der Waals surface area contributed by atoms with Crippen LogP contribution in [0, 0.1) is 0 Å². The lowest BCUT2D eigenvalue weighted by Gasteiger charge is -2.18. The molecule has 1 heterocycles. The molecule has 3 aromatic rings. The average Bonchev–Trinajstić information content (AvgIpc) is 3.01. The molecule has 0 spiro atoms. The quantitative estimate of drug-likeness (QED) is 0.650. The largest absolute Gasteiger partial charge is 0.666 e. The molecule has 0 unspecified atom stereocenters. The molecule has 0 aliphatic heterocycles. The van der Waals surface area contributed by atoms with Crippen LogP contribution in [0.15, 0.2) is 79.4 Å². The summed E-state index contributed by atoms with van der Waals surface area (Å²) in [6.45, 7) is 0. The van der Waals surface area contributed by atoms with Crippen molar-refractivity contribution in [2.45, 2.75) is 0 Å². The lowest BCUT2D eigenvalue weighted by Crippen LogP contribution is -2.15. The SMILES string of the molecule is O=P(Oc1ccccc1)(Oc1ccccc1)On1ccnc1. The fourth-order valence-corrected chi connectivity index (χ4v) is 2.87. The van der Waals surface area contributed by atoms with E-state index in [0.717, 1.165) is 0 Å². The number of phosphoric ester groups is 1. The number of benzene rings is 2. The number of para-hydroxylation sites is 2. The van der Waals surface area contributed by atoms with Gasteiger partial charge in [-0.05, 0) is 24.3 Å². The summed E-state index contributed by atoms with van der Waals surface area (Å²) in [5.74, 6) is 0.753. The number of nitrogens with zero attached hydrogens (tertiary/aromatic N) is 2. The number of rotatable bonds is 6. The zero-order valence-corrected chi connectivity index (χ0v) is 12.4. The smallest absolute Gasteiger partial charge is 0.385 e. The second-order valence-corrected chi connectivity index (χ2v) is 5.68. The van der Waals surface area contributed by atoms with Crippen molar-refractivity contribution >= 4 is 7.82 Å². The molecule has 0 saturated carbocycles. The van der Waals surface area contributed by atoms with Gasteiger partial charge in [0.2, 0.25) is 0 Å². The normalized spacial score (nSPS) is 10.9. The monoisotopic (exact) mass is 316 g/mol. The Balaban J connectivity index is 1.85. The van der Waals surface area contributed by atoms with E-state index in [2.05, 4.69) is 4.98 Å². The fourth-order valence-electron chi connectivity index (χ4n) is 1.68. The summed E-state index contributed by atoms with van der Waals surface area (Å²) < 4.78 is 30.3. The van der Waals surface area contributed by atoms with E-state index in [1.54, 1.807) is 48.5 Å². The van der Waals surface area contributed by atoms with Gasteiger partial charge in [0, 0.05) is 6.20 Å². The van der Waals surface area contributed by atoms with Crippen LogP contribution < -0.4 is 13.7 Å². The van der Waals surface area contributed by atoms with Gasteiger partial charge in [-0.15, -0.1) is 0 Å². The highest BCUT2D eigenvalue weighted by Crippen LogP contribution is 2.46. The van der Waals surface area contributed by atoms with Gasteiger partial charge >= 0.3 is 7.82 Å². The molecule has 0 atom stereocenters. The van der Waals surface area contributed by atoms with E-state index in [4.69, 9.17) is 13.7 Å². The molecule has 7 heteroatoms. The predicted molar refractivity (Wildman–Crippen MR) is 80.6 cm³/mol. The molecule has 0 N–H and O–H groups in total. The topological polar surface area (TPSA) is 62.6 Å². The molecule has 6 nitrogen and oxygen atoms in total. The Morgan fingerprint density at radius 1 is 0.864 bits per heavy atom. The van der Waals surface area contributed by atoms with Crippen LogP contribution in [0.25, 0.3) is 0 Å². The van der Waals surface area contributed by atoms with Crippen LogP contribution in [-0.2, 0) is 4.57 Å². The third kappa shape index (κ3) is 3.68. The minimum Gasteiger partial charge on any atom is -0.385 e.